The predicted octanol–water partition coefficient (Wildman–Crippen LogP) is -0.158. The lowest BCUT2D eigenvalue weighted by Gasteiger charge is -2.38. The minimum Gasteiger partial charge on any atom is -0.368 e. The van der Waals surface area contributed by atoms with Crippen molar-refractivity contribution in [3.8, 4) is 0 Å². The van der Waals surface area contributed by atoms with Crippen molar-refractivity contribution in [2.24, 2.45) is 0 Å². The van der Waals surface area contributed by atoms with Gasteiger partial charge >= 0.3 is 18.0 Å². The highest BCUT2D eigenvalue weighted by Crippen LogP contribution is 2.20. The average molecular weight is 382 g/mol. The number of carbonyl (C=O) groups excluding carboxylic acids is 3. The number of nitrogens with zero attached hydrogens (tertiary/aromatic N) is 3. The Morgan fingerprint density at radius 1 is 1.15 bits per heavy atom. The van der Waals surface area contributed by atoms with Crippen molar-refractivity contribution in [2.75, 3.05) is 31.1 Å². The second-order valence-corrected chi connectivity index (χ2v) is 6.40. The van der Waals surface area contributed by atoms with Gasteiger partial charge in [0.25, 0.3) is 5.91 Å². The summed E-state index contributed by atoms with van der Waals surface area (Å²) in [6, 6.07) is 3.02. The van der Waals surface area contributed by atoms with E-state index in [9.17, 15) is 24.5 Å². The number of anilines is 1. The van der Waals surface area contributed by atoms with E-state index in [1.807, 2.05) is 17.4 Å². The maximum atomic E-state index is 12.6. The molecule has 0 radical (unpaired) electrons. The van der Waals surface area contributed by atoms with E-state index in [1.54, 1.807) is 12.1 Å². The Hall–Kier alpha value is -2.88. The Balaban J connectivity index is 1.67. The molecule has 2 N–H and O–H groups in total. The molecule has 2 aliphatic heterocycles. The van der Waals surface area contributed by atoms with Crippen molar-refractivity contribution in [3.63, 3.8) is 0 Å². The summed E-state index contributed by atoms with van der Waals surface area (Å²) in [5.41, 5.74) is 0.954. The molecule has 0 aromatic heterocycles. The van der Waals surface area contributed by atoms with Gasteiger partial charge in [0.2, 0.25) is 0 Å². The highest BCUT2D eigenvalue weighted by atomic mass is 35.5. The molecule has 2 heterocycles. The van der Waals surface area contributed by atoms with E-state index in [2.05, 4.69) is 10.2 Å². The number of nitrogens with one attached hydrogen (secondary N) is 2. The van der Waals surface area contributed by atoms with Gasteiger partial charge in [-0.3, -0.25) is 25.0 Å². The zero-order valence-corrected chi connectivity index (χ0v) is 14.3. The molecule has 0 saturated carbocycles. The summed E-state index contributed by atoms with van der Waals surface area (Å²) in [6.07, 6.45) is 0. The van der Waals surface area contributed by atoms with Gasteiger partial charge in [0.1, 0.15) is 0 Å². The molecular weight excluding hydrogens is 366 g/mol. The molecule has 1 aromatic rings. The van der Waals surface area contributed by atoms with Gasteiger partial charge in [-0.05, 0) is 24.3 Å². The first-order valence-electron chi connectivity index (χ1n) is 7.91. The van der Waals surface area contributed by atoms with Gasteiger partial charge in [0.15, 0.2) is 6.04 Å². The highest BCUT2D eigenvalue weighted by Gasteiger charge is 2.49. The van der Waals surface area contributed by atoms with Crippen LogP contribution in [0.5, 0.6) is 0 Å². The minimum atomic E-state index is -1.84. The van der Waals surface area contributed by atoms with Gasteiger partial charge in [-0.15, -0.1) is 0 Å². The normalized spacial score (nSPS) is 23.3. The SMILES string of the molecule is O=C1NC(=O)C([N+](=O)[O-])C(C(=O)N2CCN(c3ccc(Cl)cc3)CC2)N1. The Bertz CT molecular complexity index is 747. The second-order valence-electron chi connectivity index (χ2n) is 5.96. The summed E-state index contributed by atoms with van der Waals surface area (Å²) in [5, 5.41) is 15.8. The van der Waals surface area contributed by atoms with Crippen LogP contribution in [0.1, 0.15) is 0 Å². The molecule has 0 spiro atoms. The first kappa shape index (κ1) is 17.9. The van der Waals surface area contributed by atoms with E-state index >= 15 is 0 Å². The van der Waals surface area contributed by atoms with Crippen LogP contribution in [0.25, 0.3) is 0 Å². The molecule has 3 rings (SSSR count). The number of nitro groups is 1. The summed E-state index contributed by atoms with van der Waals surface area (Å²) in [6.45, 7) is 1.67. The summed E-state index contributed by atoms with van der Waals surface area (Å²) in [7, 11) is 0. The topological polar surface area (TPSA) is 125 Å². The van der Waals surface area contributed by atoms with Crippen LogP contribution < -0.4 is 15.5 Å². The van der Waals surface area contributed by atoms with Gasteiger partial charge < -0.3 is 15.1 Å². The number of rotatable bonds is 3. The molecule has 2 unspecified atom stereocenters. The van der Waals surface area contributed by atoms with Crippen molar-refractivity contribution in [3.05, 3.63) is 39.4 Å². The number of halogens is 1. The molecule has 0 aliphatic carbocycles. The smallest absolute Gasteiger partial charge is 0.322 e. The van der Waals surface area contributed by atoms with Crippen LogP contribution in [-0.4, -0.2) is 65.9 Å². The van der Waals surface area contributed by atoms with Gasteiger partial charge in [0.05, 0.1) is 0 Å². The lowest BCUT2D eigenvalue weighted by atomic mass is 10.0. The Morgan fingerprint density at radius 2 is 1.77 bits per heavy atom. The quantitative estimate of drug-likeness (QED) is 0.553. The number of urea groups is 1. The largest absolute Gasteiger partial charge is 0.368 e. The molecule has 10 nitrogen and oxygen atoms in total. The molecule has 4 amide bonds. The fourth-order valence-corrected chi connectivity index (χ4v) is 3.17. The molecule has 2 fully saturated rings. The highest BCUT2D eigenvalue weighted by molar-refractivity contribution is 6.30. The zero-order chi connectivity index (χ0) is 18.8. The second kappa shape index (κ2) is 7.16. The number of piperazine rings is 1. The van der Waals surface area contributed by atoms with Gasteiger partial charge in [0, 0.05) is 41.8 Å². The van der Waals surface area contributed by atoms with Crippen molar-refractivity contribution >= 4 is 35.1 Å². The molecule has 1 aromatic carbocycles. The van der Waals surface area contributed by atoms with Gasteiger partial charge in [-0.1, -0.05) is 11.6 Å². The van der Waals surface area contributed by atoms with Crippen molar-refractivity contribution in [1.29, 1.82) is 0 Å². The van der Waals surface area contributed by atoms with Gasteiger partial charge in [-0.2, -0.15) is 0 Å². The van der Waals surface area contributed by atoms with Crippen LogP contribution in [0.4, 0.5) is 10.5 Å². The average Bonchev–Trinajstić information content (AvgIpc) is 2.61. The van der Waals surface area contributed by atoms with Crippen LogP contribution >= 0.6 is 11.6 Å². The van der Waals surface area contributed by atoms with Gasteiger partial charge in [-0.25, -0.2) is 4.79 Å². The molecule has 0 bridgehead atoms. The van der Waals surface area contributed by atoms with Crippen molar-refractivity contribution in [2.45, 2.75) is 12.1 Å². The lowest BCUT2D eigenvalue weighted by Crippen LogP contribution is -2.69. The summed E-state index contributed by atoms with van der Waals surface area (Å²) < 4.78 is 0. The minimum absolute atomic E-state index is 0.319. The summed E-state index contributed by atoms with van der Waals surface area (Å²) in [5.74, 6) is -1.72. The van der Waals surface area contributed by atoms with E-state index in [0.717, 1.165) is 5.69 Å². The maximum absolute atomic E-state index is 12.6. The number of benzene rings is 1. The maximum Gasteiger partial charge on any atom is 0.322 e. The molecule has 11 heteroatoms. The molecule has 138 valence electrons. The Labute approximate surface area is 153 Å². The van der Waals surface area contributed by atoms with E-state index < -0.39 is 34.9 Å². The third-order valence-electron chi connectivity index (χ3n) is 4.38. The number of hydrogen-bond donors (Lipinski definition) is 2. The first-order chi connectivity index (χ1) is 12.4. The zero-order valence-electron chi connectivity index (χ0n) is 13.6. The number of amides is 4. The van der Waals surface area contributed by atoms with Crippen LogP contribution in [0, 0.1) is 10.1 Å². The van der Waals surface area contributed by atoms with E-state index in [4.69, 9.17) is 11.6 Å². The van der Waals surface area contributed by atoms with Crippen LogP contribution in [0.3, 0.4) is 0 Å². The monoisotopic (exact) mass is 381 g/mol. The van der Waals surface area contributed by atoms with Crippen molar-refractivity contribution in [1.82, 2.24) is 15.5 Å². The number of imide groups is 1. The summed E-state index contributed by atoms with van der Waals surface area (Å²) in [4.78, 5) is 49.5. The van der Waals surface area contributed by atoms with E-state index in [1.165, 1.54) is 4.90 Å². The Kier molecular flexibility index (Phi) is 4.94. The standard InChI is InChI=1S/C15H16ClN5O5/c16-9-1-3-10(4-2-9)19-5-7-20(8-6-19)14(23)11-12(21(25)26)13(22)18-15(24)17-11/h1-4,11-12H,5-8H2,(H2,17,18,22,24). The van der Waals surface area contributed by atoms with Crippen LogP contribution in [-0.2, 0) is 9.59 Å². The van der Waals surface area contributed by atoms with E-state index in [-0.39, 0.29) is 0 Å². The number of carbonyl (C=O) groups is 3. The molecular formula is C15H16ClN5O5. The Morgan fingerprint density at radius 3 is 2.35 bits per heavy atom. The third-order valence-corrected chi connectivity index (χ3v) is 4.64. The molecule has 26 heavy (non-hydrogen) atoms. The predicted molar refractivity (Wildman–Crippen MR) is 91.5 cm³/mol. The number of hydrogen-bond acceptors (Lipinski definition) is 6. The molecule has 2 saturated heterocycles. The van der Waals surface area contributed by atoms with Crippen LogP contribution in [0.15, 0.2) is 24.3 Å². The summed E-state index contributed by atoms with van der Waals surface area (Å²) >= 11 is 5.87. The molecule has 2 atom stereocenters. The third kappa shape index (κ3) is 3.54. The van der Waals surface area contributed by atoms with Crippen LogP contribution in [0.2, 0.25) is 5.02 Å². The van der Waals surface area contributed by atoms with E-state index in [0.29, 0.717) is 31.2 Å². The molecule has 2 aliphatic rings. The fourth-order valence-electron chi connectivity index (χ4n) is 3.04. The lowest BCUT2D eigenvalue weighted by molar-refractivity contribution is -0.510. The fraction of sp³-hybridized carbons (Fsp3) is 0.400. The first-order valence-corrected chi connectivity index (χ1v) is 8.29. The van der Waals surface area contributed by atoms with Crippen molar-refractivity contribution < 1.29 is 19.3 Å².